The molecule has 3 heteroatoms. The maximum absolute atomic E-state index is 4.56. The predicted octanol–water partition coefficient (Wildman–Crippen LogP) is 5.03. The summed E-state index contributed by atoms with van der Waals surface area (Å²) in [5.74, 6) is 0. The largest absolute Gasteiger partial charge is 2.00 e. The Kier molecular flexibility index (Phi) is 6.77. The van der Waals surface area contributed by atoms with Crippen molar-refractivity contribution in [1.82, 2.24) is 0 Å². The molecule has 0 aliphatic heterocycles. The van der Waals surface area contributed by atoms with Crippen LogP contribution in [0.15, 0.2) is 82.3 Å². The van der Waals surface area contributed by atoms with E-state index >= 15 is 0 Å². The Morgan fingerprint density at radius 3 is 2.35 bits per heavy atom. The van der Waals surface area contributed by atoms with E-state index in [1.165, 1.54) is 0 Å². The number of hydrogen-bond acceptors (Lipinski definition) is 2. The van der Waals surface area contributed by atoms with Crippen LogP contribution in [0.4, 0.5) is 11.4 Å². The normalized spacial score (nSPS) is 13.7. The molecule has 0 atom stereocenters. The van der Waals surface area contributed by atoms with E-state index in [-0.39, 0.29) is 21.1 Å². The van der Waals surface area contributed by atoms with E-state index in [1.54, 1.807) is 0 Å². The molecule has 23 heavy (non-hydrogen) atoms. The van der Waals surface area contributed by atoms with Gasteiger partial charge < -0.3 is 9.98 Å². The zero-order valence-electron chi connectivity index (χ0n) is 12.5. The Bertz CT molecular complexity index is 743. The van der Waals surface area contributed by atoms with Crippen LogP contribution in [-0.2, 0) is 21.1 Å². The van der Waals surface area contributed by atoms with Gasteiger partial charge in [-0.2, -0.15) is 18.1 Å². The molecular weight excluding hydrogens is 463 g/mol. The molecule has 1 aliphatic rings. The van der Waals surface area contributed by atoms with Gasteiger partial charge in [0.05, 0.1) is 11.4 Å². The van der Waals surface area contributed by atoms with Crippen LogP contribution < -0.4 is 0 Å². The Morgan fingerprint density at radius 1 is 0.957 bits per heavy atom. The van der Waals surface area contributed by atoms with E-state index in [0.29, 0.717) is 0 Å². The van der Waals surface area contributed by atoms with E-state index in [0.717, 1.165) is 28.9 Å². The number of rotatable bonds is 4. The van der Waals surface area contributed by atoms with Gasteiger partial charge in [0.2, 0.25) is 0 Å². The molecule has 0 N–H and O–H groups in total. The summed E-state index contributed by atoms with van der Waals surface area (Å²) in [5.41, 5.74) is 3.79. The number of nitrogens with zero attached hydrogens (tertiary/aromatic N) is 2. The molecule has 0 spiro atoms. The van der Waals surface area contributed by atoms with E-state index in [9.17, 15) is 0 Å². The van der Waals surface area contributed by atoms with Crippen LogP contribution in [0.5, 0.6) is 0 Å². The smallest absolute Gasteiger partial charge is 0.318 e. The second kappa shape index (κ2) is 9.07. The van der Waals surface area contributed by atoms with E-state index in [4.69, 9.17) is 0 Å². The Balaban J connectivity index is 0.00000192. The zero-order chi connectivity index (χ0) is 15.0. The molecule has 0 heterocycles. The summed E-state index contributed by atoms with van der Waals surface area (Å²) in [7, 11) is 0. The average molecular weight is 479 g/mol. The number of aliphatic imine (C=N–C) groups is 2. The van der Waals surface area contributed by atoms with Gasteiger partial charge in [0.25, 0.3) is 0 Å². The minimum absolute atomic E-state index is 0. The Morgan fingerprint density at radius 2 is 1.70 bits per heavy atom. The van der Waals surface area contributed by atoms with Crippen molar-refractivity contribution in [3.8, 4) is 0 Å². The van der Waals surface area contributed by atoms with Gasteiger partial charge in [0.1, 0.15) is 0 Å². The van der Waals surface area contributed by atoms with Gasteiger partial charge in [0, 0.05) is 0 Å². The van der Waals surface area contributed by atoms with Crippen molar-refractivity contribution in [3.05, 3.63) is 90.4 Å². The van der Waals surface area contributed by atoms with Crippen molar-refractivity contribution in [2.45, 2.75) is 6.42 Å². The van der Waals surface area contributed by atoms with Gasteiger partial charge in [-0.05, 0) is 18.3 Å². The standard InChI is InChI=1S/C20H16N2.Pt/c1-3-9-17(10-4-1)15-21-19-13-7-8-14-20(19)22-16-18-11-5-2-6-12-18;/h1-5,7-9,11-16H,6H2;/q-2;+2. The first-order chi connectivity index (χ1) is 10.9. The minimum Gasteiger partial charge on any atom is -0.318 e. The molecule has 0 amide bonds. The first kappa shape index (κ1) is 17.2. The van der Waals surface area contributed by atoms with Crippen molar-refractivity contribution in [2.24, 2.45) is 9.98 Å². The van der Waals surface area contributed by atoms with Crippen LogP contribution in [0.3, 0.4) is 0 Å². The van der Waals surface area contributed by atoms with Crippen molar-refractivity contribution < 1.29 is 21.1 Å². The molecule has 0 radical (unpaired) electrons. The van der Waals surface area contributed by atoms with Gasteiger partial charge >= 0.3 is 21.1 Å². The molecule has 0 fully saturated rings. The molecule has 116 valence electrons. The number of para-hydroxylation sites is 2. The van der Waals surface area contributed by atoms with Crippen LogP contribution in [-0.4, -0.2) is 12.4 Å². The molecule has 2 nitrogen and oxygen atoms in total. The van der Waals surface area contributed by atoms with Crippen LogP contribution in [0, 0.1) is 12.5 Å². The molecule has 2 aromatic carbocycles. The monoisotopic (exact) mass is 479 g/mol. The van der Waals surface area contributed by atoms with E-state index < -0.39 is 0 Å². The van der Waals surface area contributed by atoms with Crippen molar-refractivity contribution in [1.29, 1.82) is 0 Å². The van der Waals surface area contributed by atoms with E-state index in [1.807, 2.05) is 61.0 Å². The van der Waals surface area contributed by atoms with Crippen LogP contribution >= 0.6 is 0 Å². The summed E-state index contributed by atoms with van der Waals surface area (Å²) in [4.78, 5) is 9.09. The summed E-state index contributed by atoms with van der Waals surface area (Å²) in [6, 6.07) is 18.8. The molecule has 0 unspecified atom stereocenters. The first-order valence-electron chi connectivity index (χ1n) is 7.26. The summed E-state index contributed by atoms with van der Waals surface area (Å²) in [6.45, 7) is 0. The van der Waals surface area contributed by atoms with Gasteiger partial charge in [-0.3, -0.25) is 0 Å². The quantitative estimate of drug-likeness (QED) is 0.434. The molecule has 1 aliphatic carbocycles. The van der Waals surface area contributed by atoms with Crippen molar-refractivity contribution >= 4 is 23.8 Å². The van der Waals surface area contributed by atoms with Crippen LogP contribution in [0.25, 0.3) is 0 Å². The number of allylic oxidation sites excluding steroid dienone is 4. The predicted molar refractivity (Wildman–Crippen MR) is 93.3 cm³/mol. The average Bonchev–Trinajstić information content (AvgIpc) is 2.61. The maximum atomic E-state index is 4.56. The fourth-order valence-corrected chi connectivity index (χ4v) is 2.08. The van der Waals surface area contributed by atoms with Crippen molar-refractivity contribution in [3.63, 3.8) is 0 Å². The SMILES string of the molecule is [Pt+2].[c-]1ccccc1C=Nc1ccccc1N=CC1=CC=CC[CH-]1. The summed E-state index contributed by atoms with van der Waals surface area (Å²) in [5, 5.41) is 0. The van der Waals surface area contributed by atoms with Gasteiger partial charge in [-0.25, -0.2) is 0 Å². The van der Waals surface area contributed by atoms with Gasteiger partial charge in [-0.15, -0.1) is 48.0 Å². The Labute approximate surface area is 151 Å². The Hall–Kier alpha value is -2.18. The molecule has 0 aromatic heterocycles. The zero-order valence-corrected chi connectivity index (χ0v) is 14.8. The van der Waals surface area contributed by atoms with Crippen LogP contribution in [0.2, 0.25) is 0 Å². The maximum Gasteiger partial charge on any atom is 2.00 e. The third kappa shape index (κ3) is 5.19. The fraction of sp³-hybridized carbons (Fsp3) is 0.0500. The third-order valence-electron chi connectivity index (χ3n) is 3.22. The molecule has 2 aromatic rings. The number of benzene rings is 2. The van der Waals surface area contributed by atoms with Crippen LogP contribution in [0.1, 0.15) is 12.0 Å². The molecule has 0 saturated heterocycles. The third-order valence-corrected chi connectivity index (χ3v) is 3.22. The molecule has 3 rings (SSSR count). The second-order valence-electron chi connectivity index (χ2n) is 4.86. The second-order valence-corrected chi connectivity index (χ2v) is 4.86. The fourth-order valence-electron chi connectivity index (χ4n) is 2.08. The summed E-state index contributed by atoms with van der Waals surface area (Å²) in [6.07, 6.45) is 13.0. The van der Waals surface area contributed by atoms with Gasteiger partial charge in [-0.1, -0.05) is 24.8 Å². The molecule has 0 bridgehead atoms. The van der Waals surface area contributed by atoms with Crippen molar-refractivity contribution in [2.75, 3.05) is 0 Å². The number of hydrogen-bond donors (Lipinski definition) is 0. The molecule has 0 saturated carbocycles. The summed E-state index contributed by atoms with van der Waals surface area (Å²) >= 11 is 0. The van der Waals surface area contributed by atoms with E-state index in [2.05, 4.69) is 40.7 Å². The topological polar surface area (TPSA) is 24.7 Å². The first-order valence-corrected chi connectivity index (χ1v) is 7.26. The molecular formula is C20H16N2Pt. The van der Waals surface area contributed by atoms with Gasteiger partial charge in [0.15, 0.2) is 0 Å². The summed E-state index contributed by atoms with van der Waals surface area (Å²) < 4.78 is 0. The minimum atomic E-state index is 0.